The lowest BCUT2D eigenvalue weighted by Crippen LogP contribution is -2.44. The highest BCUT2D eigenvalue weighted by Gasteiger charge is 2.58. The molecule has 24 heavy (non-hydrogen) atoms. The molecule has 1 amide bonds. The van der Waals surface area contributed by atoms with Crippen molar-refractivity contribution in [2.24, 2.45) is 11.3 Å². The van der Waals surface area contributed by atoms with Crippen molar-refractivity contribution in [1.29, 1.82) is 0 Å². The molecule has 1 saturated carbocycles. The van der Waals surface area contributed by atoms with E-state index in [-0.39, 0.29) is 29.4 Å². The number of amides is 1. The van der Waals surface area contributed by atoms with E-state index in [1.807, 2.05) is 17.1 Å². The molecule has 6 heteroatoms. The van der Waals surface area contributed by atoms with Crippen LogP contribution in [-0.2, 0) is 20.8 Å². The zero-order chi connectivity index (χ0) is 16.6. The fourth-order valence-corrected chi connectivity index (χ4v) is 4.29. The lowest BCUT2D eigenvalue weighted by molar-refractivity contribution is -0.126. The van der Waals surface area contributed by atoms with Crippen LogP contribution in [0.2, 0.25) is 0 Å². The van der Waals surface area contributed by atoms with E-state index in [1.165, 1.54) is 0 Å². The third-order valence-corrected chi connectivity index (χ3v) is 5.95. The topological polar surface area (TPSA) is 65.4 Å². The zero-order valence-corrected chi connectivity index (χ0v) is 14.4. The maximum absolute atomic E-state index is 12.8. The monoisotopic (exact) mass is 333 g/mol. The van der Waals surface area contributed by atoms with Crippen LogP contribution in [0.5, 0.6) is 0 Å². The minimum atomic E-state index is -0.0765. The Kier molecular flexibility index (Phi) is 4.35. The number of aryl methyl sites for hydroxylation is 1. The second-order valence-electron chi connectivity index (χ2n) is 7.41. The van der Waals surface area contributed by atoms with Crippen molar-refractivity contribution in [1.82, 2.24) is 15.1 Å². The van der Waals surface area contributed by atoms with Crippen LogP contribution in [0.25, 0.3) is 0 Å². The number of nitrogens with one attached hydrogen (secondary N) is 1. The molecule has 6 nitrogen and oxygen atoms in total. The lowest BCUT2D eigenvalue weighted by atomic mass is 9.93. The quantitative estimate of drug-likeness (QED) is 0.916. The SMILES string of the molecule is CCn1cc([C@H]2OCCC[C@@H]2NC(=O)[C@@H]2CC23CCOCC3)cn1. The standard InChI is InChI=1S/C18H27N3O3/c1-2-21-12-13(11-19-21)16-15(4-3-7-24-16)20-17(22)14-10-18(14)5-8-23-9-6-18/h11-12,14-16H,2-10H2,1H3,(H,20,22)/t14-,15-,16+/m0/s1. The molecule has 0 unspecified atom stereocenters. The Labute approximate surface area is 142 Å². The molecule has 1 aromatic heterocycles. The largest absolute Gasteiger partial charge is 0.381 e. The molecule has 1 aromatic rings. The summed E-state index contributed by atoms with van der Waals surface area (Å²) in [6, 6.07) is 0.0539. The van der Waals surface area contributed by atoms with Crippen molar-refractivity contribution in [3.63, 3.8) is 0 Å². The Hall–Kier alpha value is -1.40. The Morgan fingerprint density at radius 3 is 3.00 bits per heavy atom. The van der Waals surface area contributed by atoms with Crippen LogP contribution in [0.4, 0.5) is 0 Å². The predicted octanol–water partition coefficient (Wildman–Crippen LogP) is 2.06. The van der Waals surface area contributed by atoms with Crippen molar-refractivity contribution in [2.75, 3.05) is 19.8 Å². The summed E-state index contributed by atoms with van der Waals surface area (Å²) in [4.78, 5) is 12.8. The highest BCUT2D eigenvalue weighted by Crippen LogP contribution is 2.59. The van der Waals surface area contributed by atoms with E-state index >= 15 is 0 Å². The molecule has 1 N–H and O–H groups in total. The van der Waals surface area contributed by atoms with Gasteiger partial charge < -0.3 is 14.8 Å². The second kappa shape index (κ2) is 6.48. The molecule has 0 bridgehead atoms. The maximum Gasteiger partial charge on any atom is 0.224 e. The third kappa shape index (κ3) is 2.97. The number of carbonyl (C=O) groups excluding carboxylic acids is 1. The minimum Gasteiger partial charge on any atom is -0.381 e. The molecule has 1 spiro atoms. The summed E-state index contributed by atoms with van der Waals surface area (Å²) in [5.74, 6) is 0.377. The van der Waals surface area contributed by atoms with Gasteiger partial charge in [0, 0.05) is 44.0 Å². The molecule has 0 radical (unpaired) electrons. The number of hydrogen-bond donors (Lipinski definition) is 1. The first kappa shape index (κ1) is 16.1. The molecule has 4 rings (SSSR count). The van der Waals surface area contributed by atoms with Crippen molar-refractivity contribution >= 4 is 5.91 Å². The summed E-state index contributed by atoms with van der Waals surface area (Å²) in [6.07, 6.45) is 8.87. The zero-order valence-electron chi connectivity index (χ0n) is 14.4. The maximum atomic E-state index is 12.8. The first-order valence-corrected chi connectivity index (χ1v) is 9.24. The van der Waals surface area contributed by atoms with Gasteiger partial charge in [0.15, 0.2) is 0 Å². The molecule has 3 aliphatic rings. The smallest absolute Gasteiger partial charge is 0.224 e. The number of hydrogen-bond acceptors (Lipinski definition) is 4. The molecule has 3 heterocycles. The number of rotatable bonds is 4. The van der Waals surface area contributed by atoms with E-state index < -0.39 is 0 Å². The average molecular weight is 333 g/mol. The van der Waals surface area contributed by atoms with Gasteiger partial charge in [-0.2, -0.15) is 5.10 Å². The molecule has 0 aromatic carbocycles. The minimum absolute atomic E-state index is 0.0539. The average Bonchev–Trinajstić information content (AvgIpc) is 3.09. The van der Waals surface area contributed by atoms with E-state index in [4.69, 9.17) is 9.47 Å². The van der Waals surface area contributed by atoms with E-state index in [0.717, 1.165) is 64.0 Å². The second-order valence-corrected chi connectivity index (χ2v) is 7.41. The summed E-state index contributed by atoms with van der Waals surface area (Å²) in [6.45, 7) is 5.26. The van der Waals surface area contributed by atoms with Crippen LogP contribution in [0.15, 0.2) is 12.4 Å². The molecular weight excluding hydrogens is 306 g/mol. The Bertz CT molecular complexity index is 594. The van der Waals surface area contributed by atoms with Crippen LogP contribution >= 0.6 is 0 Å². The van der Waals surface area contributed by atoms with Crippen LogP contribution in [0, 0.1) is 11.3 Å². The highest BCUT2D eigenvalue weighted by molar-refractivity contribution is 5.83. The number of carbonyl (C=O) groups is 1. The van der Waals surface area contributed by atoms with Crippen LogP contribution < -0.4 is 5.32 Å². The molecule has 3 fully saturated rings. The van der Waals surface area contributed by atoms with Gasteiger partial charge in [0.1, 0.15) is 6.10 Å². The van der Waals surface area contributed by atoms with Crippen LogP contribution in [0.3, 0.4) is 0 Å². The van der Waals surface area contributed by atoms with Crippen LogP contribution in [0.1, 0.15) is 50.7 Å². The summed E-state index contributed by atoms with van der Waals surface area (Å²) in [7, 11) is 0. The van der Waals surface area contributed by atoms with Gasteiger partial charge in [-0.25, -0.2) is 0 Å². The molecule has 1 aliphatic carbocycles. The third-order valence-electron chi connectivity index (χ3n) is 5.95. The van der Waals surface area contributed by atoms with Gasteiger partial charge in [0.05, 0.1) is 12.2 Å². The molecular formula is C18H27N3O3. The van der Waals surface area contributed by atoms with E-state index in [2.05, 4.69) is 17.3 Å². The van der Waals surface area contributed by atoms with Crippen molar-refractivity contribution in [3.05, 3.63) is 18.0 Å². The number of aromatic nitrogens is 2. The van der Waals surface area contributed by atoms with Gasteiger partial charge in [-0.05, 0) is 44.4 Å². The molecule has 3 atom stereocenters. The summed E-state index contributed by atoms with van der Waals surface area (Å²) in [5, 5.41) is 7.64. The van der Waals surface area contributed by atoms with E-state index in [9.17, 15) is 4.79 Å². The first-order valence-electron chi connectivity index (χ1n) is 9.24. The molecule has 2 saturated heterocycles. The summed E-state index contributed by atoms with van der Waals surface area (Å²) < 4.78 is 13.3. The van der Waals surface area contributed by atoms with Gasteiger partial charge in [0.25, 0.3) is 0 Å². The van der Waals surface area contributed by atoms with E-state index in [1.54, 1.807) is 0 Å². The molecule has 2 aliphatic heterocycles. The molecule has 132 valence electrons. The first-order chi connectivity index (χ1) is 11.7. The lowest BCUT2D eigenvalue weighted by Gasteiger charge is -2.32. The van der Waals surface area contributed by atoms with Gasteiger partial charge in [-0.3, -0.25) is 9.48 Å². The van der Waals surface area contributed by atoms with Crippen molar-refractivity contribution in [2.45, 2.75) is 57.7 Å². The van der Waals surface area contributed by atoms with Gasteiger partial charge in [-0.15, -0.1) is 0 Å². The number of ether oxygens (including phenoxy) is 2. The predicted molar refractivity (Wildman–Crippen MR) is 88.4 cm³/mol. The highest BCUT2D eigenvalue weighted by atomic mass is 16.5. The van der Waals surface area contributed by atoms with Gasteiger partial charge >= 0.3 is 0 Å². The Balaban J connectivity index is 1.41. The van der Waals surface area contributed by atoms with Gasteiger partial charge in [0.2, 0.25) is 5.91 Å². The fraction of sp³-hybridized carbons (Fsp3) is 0.778. The summed E-state index contributed by atoms with van der Waals surface area (Å²) in [5.41, 5.74) is 1.29. The number of nitrogens with zero attached hydrogens (tertiary/aromatic N) is 2. The van der Waals surface area contributed by atoms with E-state index in [0.29, 0.717) is 0 Å². The summed E-state index contributed by atoms with van der Waals surface area (Å²) >= 11 is 0. The van der Waals surface area contributed by atoms with Gasteiger partial charge in [-0.1, -0.05) is 0 Å². The van der Waals surface area contributed by atoms with Crippen LogP contribution in [-0.4, -0.2) is 41.6 Å². The van der Waals surface area contributed by atoms with Crippen molar-refractivity contribution in [3.8, 4) is 0 Å². The Morgan fingerprint density at radius 1 is 1.42 bits per heavy atom. The van der Waals surface area contributed by atoms with Crippen molar-refractivity contribution < 1.29 is 14.3 Å². The fourth-order valence-electron chi connectivity index (χ4n) is 4.29. The Morgan fingerprint density at radius 2 is 2.25 bits per heavy atom. The normalized spacial score (nSPS) is 31.8.